The van der Waals surface area contributed by atoms with Gasteiger partial charge in [0.25, 0.3) is 0 Å². The fourth-order valence-corrected chi connectivity index (χ4v) is 3.64. The van der Waals surface area contributed by atoms with Crippen molar-refractivity contribution in [1.82, 2.24) is 15.1 Å². The molecular weight excluding hydrogens is 278 g/mol. The van der Waals surface area contributed by atoms with Crippen molar-refractivity contribution < 1.29 is 9.59 Å². The van der Waals surface area contributed by atoms with Crippen LogP contribution in [0.3, 0.4) is 0 Å². The molecule has 0 radical (unpaired) electrons. The highest BCUT2D eigenvalue weighted by Gasteiger charge is 2.26. The van der Waals surface area contributed by atoms with Crippen LogP contribution in [0.15, 0.2) is 0 Å². The molecule has 2 amide bonds. The van der Waals surface area contributed by atoms with E-state index in [1.807, 2.05) is 4.90 Å². The van der Waals surface area contributed by atoms with Gasteiger partial charge >= 0.3 is 0 Å². The van der Waals surface area contributed by atoms with Gasteiger partial charge in [-0.25, -0.2) is 0 Å². The van der Waals surface area contributed by atoms with E-state index in [4.69, 9.17) is 0 Å². The molecule has 0 aromatic rings. The number of carbonyl (C=O) groups is 2. The summed E-state index contributed by atoms with van der Waals surface area (Å²) < 4.78 is 0. The molecule has 0 spiro atoms. The summed E-state index contributed by atoms with van der Waals surface area (Å²) in [4.78, 5) is 28.2. The molecule has 3 fully saturated rings. The van der Waals surface area contributed by atoms with Gasteiger partial charge in [0.05, 0.1) is 6.54 Å². The zero-order valence-electron chi connectivity index (χ0n) is 13.6. The summed E-state index contributed by atoms with van der Waals surface area (Å²) in [5.74, 6) is 1.24. The van der Waals surface area contributed by atoms with E-state index in [-0.39, 0.29) is 5.91 Å². The molecule has 2 aliphatic carbocycles. The Labute approximate surface area is 133 Å². The monoisotopic (exact) mass is 307 g/mol. The van der Waals surface area contributed by atoms with Crippen molar-refractivity contribution in [2.75, 3.05) is 32.7 Å². The number of piperazine rings is 1. The topological polar surface area (TPSA) is 52.7 Å². The van der Waals surface area contributed by atoms with Crippen LogP contribution in [0.25, 0.3) is 0 Å². The third kappa shape index (κ3) is 4.70. The Balaban J connectivity index is 1.31. The Morgan fingerprint density at radius 1 is 0.955 bits per heavy atom. The Morgan fingerprint density at radius 3 is 2.27 bits per heavy atom. The third-order valence-electron chi connectivity index (χ3n) is 5.28. The van der Waals surface area contributed by atoms with Gasteiger partial charge in [0.1, 0.15) is 0 Å². The number of nitrogens with zero attached hydrogens (tertiary/aromatic N) is 2. The lowest BCUT2D eigenvalue weighted by atomic mass is 10.0. The lowest BCUT2D eigenvalue weighted by Gasteiger charge is -2.34. The van der Waals surface area contributed by atoms with Crippen molar-refractivity contribution in [1.29, 1.82) is 0 Å². The van der Waals surface area contributed by atoms with Crippen LogP contribution in [-0.4, -0.2) is 60.4 Å². The summed E-state index contributed by atoms with van der Waals surface area (Å²) >= 11 is 0. The van der Waals surface area contributed by atoms with E-state index in [0.717, 1.165) is 51.4 Å². The summed E-state index contributed by atoms with van der Waals surface area (Å²) in [6, 6.07) is 0.436. The van der Waals surface area contributed by atoms with Gasteiger partial charge in [-0.3, -0.25) is 14.5 Å². The highest BCUT2D eigenvalue weighted by Crippen LogP contribution is 2.28. The molecule has 0 unspecified atom stereocenters. The molecule has 22 heavy (non-hydrogen) atoms. The quantitative estimate of drug-likeness (QED) is 0.806. The molecule has 3 aliphatic rings. The Kier molecular flexibility index (Phi) is 5.34. The Hall–Kier alpha value is -1.10. The van der Waals surface area contributed by atoms with E-state index < -0.39 is 0 Å². The summed E-state index contributed by atoms with van der Waals surface area (Å²) in [5, 5.41) is 3.03. The molecule has 2 saturated carbocycles. The molecule has 1 saturated heterocycles. The van der Waals surface area contributed by atoms with E-state index in [1.165, 1.54) is 25.7 Å². The number of rotatable bonds is 6. The molecule has 0 bridgehead atoms. The standard InChI is InChI=1S/C17H29N3O2/c21-16(18-15-6-7-15)13-19-9-11-20(12-10-19)17(22)8-5-14-3-1-2-4-14/h14-15H,1-13H2,(H,18,21). The van der Waals surface area contributed by atoms with Crippen LogP contribution in [0.4, 0.5) is 0 Å². The summed E-state index contributed by atoms with van der Waals surface area (Å²) in [5.41, 5.74) is 0. The number of hydrogen-bond donors (Lipinski definition) is 1. The number of nitrogens with one attached hydrogen (secondary N) is 1. The maximum absolute atomic E-state index is 12.3. The van der Waals surface area contributed by atoms with Crippen LogP contribution in [0.1, 0.15) is 51.4 Å². The van der Waals surface area contributed by atoms with Crippen molar-refractivity contribution in [3.05, 3.63) is 0 Å². The Morgan fingerprint density at radius 2 is 1.64 bits per heavy atom. The summed E-state index contributed by atoms with van der Waals surface area (Å²) in [6.07, 6.45) is 9.38. The van der Waals surface area contributed by atoms with Crippen LogP contribution in [-0.2, 0) is 9.59 Å². The smallest absolute Gasteiger partial charge is 0.234 e. The second-order valence-corrected chi connectivity index (χ2v) is 7.19. The maximum Gasteiger partial charge on any atom is 0.234 e. The lowest BCUT2D eigenvalue weighted by molar-refractivity contribution is -0.133. The molecule has 0 aromatic heterocycles. The van der Waals surface area contributed by atoms with Crippen molar-refractivity contribution in [2.24, 2.45) is 5.92 Å². The van der Waals surface area contributed by atoms with E-state index in [0.29, 0.717) is 24.9 Å². The summed E-state index contributed by atoms with van der Waals surface area (Å²) in [6.45, 7) is 3.70. The largest absolute Gasteiger partial charge is 0.352 e. The van der Waals surface area contributed by atoms with E-state index in [1.54, 1.807) is 0 Å². The van der Waals surface area contributed by atoms with Crippen LogP contribution in [0.2, 0.25) is 0 Å². The second kappa shape index (κ2) is 7.44. The van der Waals surface area contributed by atoms with Crippen molar-refractivity contribution in [2.45, 2.75) is 57.4 Å². The molecule has 1 aliphatic heterocycles. The molecule has 5 nitrogen and oxygen atoms in total. The first-order valence-corrected chi connectivity index (χ1v) is 9.00. The highest BCUT2D eigenvalue weighted by atomic mass is 16.2. The molecule has 0 atom stereocenters. The molecule has 1 heterocycles. The fourth-order valence-electron chi connectivity index (χ4n) is 3.64. The SMILES string of the molecule is O=C(CN1CCN(C(=O)CCC2CCCC2)CC1)NC1CC1. The zero-order valence-corrected chi connectivity index (χ0v) is 13.6. The molecule has 1 N–H and O–H groups in total. The van der Waals surface area contributed by atoms with E-state index in [9.17, 15) is 9.59 Å². The van der Waals surface area contributed by atoms with E-state index >= 15 is 0 Å². The Bertz CT molecular complexity index is 395. The minimum atomic E-state index is 0.142. The minimum absolute atomic E-state index is 0.142. The normalized spacial score (nSPS) is 23.7. The fraction of sp³-hybridized carbons (Fsp3) is 0.882. The predicted octanol–water partition coefficient (Wildman–Crippen LogP) is 1.38. The molecule has 0 aromatic carbocycles. The van der Waals surface area contributed by atoms with Crippen LogP contribution < -0.4 is 5.32 Å². The third-order valence-corrected chi connectivity index (χ3v) is 5.28. The van der Waals surface area contributed by atoms with Gasteiger partial charge in [-0.05, 0) is 25.2 Å². The molecule has 5 heteroatoms. The first-order chi connectivity index (χ1) is 10.7. The van der Waals surface area contributed by atoms with Crippen LogP contribution >= 0.6 is 0 Å². The van der Waals surface area contributed by atoms with Gasteiger partial charge < -0.3 is 10.2 Å². The van der Waals surface area contributed by atoms with Gasteiger partial charge in [0.2, 0.25) is 11.8 Å². The van der Waals surface area contributed by atoms with Gasteiger partial charge in [0.15, 0.2) is 0 Å². The number of hydrogen-bond acceptors (Lipinski definition) is 3. The minimum Gasteiger partial charge on any atom is -0.352 e. The van der Waals surface area contributed by atoms with Gasteiger partial charge in [0, 0.05) is 38.6 Å². The molecule has 3 rings (SSSR count). The zero-order chi connectivity index (χ0) is 15.4. The maximum atomic E-state index is 12.3. The summed E-state index contributed by atoms with van der Waals surface area (Å²) in [7, 11) is 0. The molecule has 124 valence electrons. The first kappa shape index (κ1) is 15.8. The first-order valence-electron chi connectivity index (χ1n) is 9.00. The number of amides is 2. The predicted molar refractivity (Wildman–Crippen MR) is 85.4 cm³/mol. The van der Waals surface area contributed by atoms with Crippen LogP contribution in [0.5, 0.6) is 0 Å². The van der Waals surface area contributed by atoms with Gasteiger partial charge in [-0.1, -0.05) is 25.7 Å². The molecular formula is C17H29N3O2. The average molecular weight is 307 g/mol. The van der Waals surface area contributed by atoms with Gasteiger partial charge in [-0.2, -0.15) is 0 Å². The average Bonchev–Trinajstić information content (AvgIpc) is 3.16. The highest BCUT2D eigenvalue weighted by molar-refractivity contribution is 5.79. The van der Waals surface area contributed by atoms with Gasteiger partial charge in [-0.15, -0.1) is 0 Å². The number of carbonyl (C=O) groups excluding carboxylic acids is 2. The van der Waals surface area contributed by atoms with E-state index in [2.05, 4.69) is 10.2 Å². The second-order valence-electron chi connectivity index (χ2n) is 7.19. The van der Waals surface area contributed by atoms with Crippen molar-refractivity contribution >= 4 is 11.8 Å². The lowest BCUT2D eigenvalue weighted by Crippen LogP contribution is -2.51. The van der Waals surface area contributed by atoms with Crippen molar-refractivity contribution in [3.8, 4) is 0 Å². The van der Waals surface area contributed by atoms with Crippen molar-refractivity contribution in [3.63, 3.8) is 0 Å². The van der Waals surface area contributed by atoms with Crippen LogP contribution in [0, 0.1) is 5.92 Å².